The molecule has 0 aromatic heterocycles. The highest BCUT2D eigenvalue weighted by atomic mass is 32.2. The lowest BCUT2D eigenvalue weighted by molar-refractivity contribution is -0.137. The van der Waals surface area contributed by atoms with Crippen LogP contribution in [0.2, 0.25) is 0 Å². The molecular weight excluding hydrogens is 224 g/mol. The van der Waals surface area contributed by atoms with Crippen molar-refractivity contribution < 1.29 is 9.53 Å². The Morgan fingerprint density at radius 2 is 2.38 bits per heavy atom. The zero-order valence-corrected chi connectivity index (χ0v) is 11.2. The number of carbonyl (C=O) groups excluding carboxylic acids is 1. The summed E-state index contributed by atoms with van der Waals surface area (Å²) in [6.45, 7) is 3.01. The number of hydrogen-bond acceptors (Lipinski definition) is 4. The lowest BCUT2D eigenvalue weighted by Gasteiger charge is -2.32. The van der Waals surface area contributed by atoms with Crippen LogP contribution in [0.25, 0.3) is 0 Å². The van der Waals surface area contributed by atoms with E-state index in [1.807, 2.05) is 7.05 Å². The van der Waals surface area contributed by atoms with Crippen molar-refractivity contribution in [1.82, 2.24) is 4.90 Å². The van der Waals surface area contributed by atoms with Gasteiger partial charge in [-0.25, -0.2) is 0 Å². The molecule has 1 amide bonds. The number of nitrogens with two attached hydrogens (primary N) is 1. The van der Waals surface area contributed by atoms with E-state index in [2.05, 4.69) is 13.2 Å². The zero-order valence-electron chi connectivity index (χ0n) is 10.4. The minimum Gasteiger partial charge on any atom is -0.379 e. The average molecular weight is 246 g/mol. The highest BCUT2D eigenvalue weighted by Crippen LogP contribution is 2.19. The van der Waals surface area contributed by atoms with Crippen LogP contribution in [-0.4, -0.2) is 54.7 Å². The Labute approximate surface area is 102 Å². The SMILES string of the molecule is CSCCC(C)N(C)C(=O)C1(N)CCOC1. The molecule has 1 saturated heterocycles. The molecule has 5 heteroatoms. The normalized spacial score (nSPS) is 26.8. The number of hydrogen-bond donors (Lipinski definition) is 1. The monoisotopic (exact) mass is 246 g/mol. The molecule has 0 aliphatic carbocycles. The van der Waals surface area contributed by atoms with Gasteiger partial charge >= 0.3 is 0 Å². The Morgan fingerprint density at radius 3 is 2.88 bits per heavy atom. The second kappa shape index (κ2) is 5.89. The molecule has 0 aromatic rings. The quantitative estimate of drug-likeness (QED) is 0.776. The van der Waals surface area contributed by atoms with Crippen LogP contribution in [0, 0.1) is 0 Å². The van der Waals surface area contributed by atoms with Crippen LogP contribution in [0.5, 0.6) is 0 Å². The molecule has 2 atom stereocenters. The fraction of sp³-hybridized carbons (Fsp3) is 0.909. The number of carbonyl (C=O) groups is 1. The molecule has 1 fully saturated rings. The lowest BCUT2D eigenvalue weighted by Crippen LogP contribution is -2.56. The Kier molecular flexibility index (Phi) is 5.08. The first-order valence-electron chi connectivity index (χ1n) is 5.64. The molecule has 1 heterocycles. The first-order valence-corrected chi connectivity index (χ1v) is 7.03. The van der Waals surface area contributed by atoms with Crippen molar-refractivity contribution in [3.63, 3.8) is 0 Å². The van der Waals surface area contributed by atoms with Crippen molar-refractivity contribution in [3.8, 4) is 0 Å². The largest absolute Gasteiger partial charge is 0.379 e. The molecule has 16 heavy (non-hydrogen) atoms. The molecule has 1 aliphatic heterocycles. The molecule has 2 N–H and O–H groups in total. The van der Waals surface area contributed by atoms with Crippen LogP contribution in [0.3, 0.4) is 0 Å². The van der Waals surface area contributed by atoms with Gasteiger partial charge in [-0.15, -0.1) is 0 Å². The maximum atomic E-state index is 12.2. The van der Waals surface area contributed by atoms with Crippen LogP contribution in [0.15, 0.2) is 0 Å². The van der Waals surface area contributed by atoms with E-state index in [-0.39, 0.29) is 11.9 Å². The lowest BCUT2D eigenvalue weighted by atomic mass is 9.97. The highest BCUT2D eigenvalue weighted by Gasteiger charge is 2.40. The standard InChI is InChI=1S/C11H22N2O2S/c1-9(4-7-16-3)13(2)10(14)11(12)5-6-15-8-11/h9H,4-8,12H2,1-3H3. The minimum atomic E-state index is -0.789. The van der Waals surface area contributed by atoms with Crippen molar-refractivity contribution in [2.75, 3.05) is 32.3 Å². The summed E-state index contributed by atoms with van der Waals surface area (Å²) in [5.41, 5.74) is 5.26. The fourth-order valence-electron chi connectivity index (χ4n) is 1.78. The Balaban J connectivity index is 2.52. The van der Waals surface area contributed by atoms with Gasteiger partial charge in [0.15, 0.2) is 0 Å². The molecule has 0 bridgehead atoms. The van der Waals surface area contributed by atoms with Crippen molar-refractivity contribution >= 4 is 17.7 Å². The van der Waals surface area contributed by atoms with E-state index in [9.17, 15) is 4.79 Å². The Morgan fingerprint density at radius 1 is 1.69 bits per heavy atom. The topological polar surface area (TPSA) is 55.6 Å². The van der Waals surface area contributed by atoms with Gasteiger partial charge in [-0.3, -0.25) is 4.79 Å². The number of amides is 1. The summed E-state index contributed by atoms with van der Waals surface area (Å²) in [4.78, 5) is 14.0. The summed E-state index contributed by atoms with van der Waals surface area (Å²) in [5, 5.41) is 0. The van der Waals surface area contributed by atoms with Gasteiger partial charge in [0.2, 0.25) is 5.91 Å². The van der Waals surface area contributed by atoms with Crippen LogP contribution in [0.1, 0.15) is 19.8 Å². The summed E-state index contributed by atoms with van der Waals surface area (Å²) in [6, 6.07) is 0.237. The second-order valence-electron chi connectivity index (χ2n) is 4.51. The third-order valence-corrected chi connectivity index (χ3v) is 3.84. The van der Waals surface area contributed by atoms with E-state index in [0.29, 0.717) is 19.6 Å². The number of thioether (sulfide) groups is 1. The smallest absolute Gasteiger partial charge is 0.245 e. The molecular formula is C11H22N2O2S. The first kappa shape index (κ1) is 13.8. The van der Waals surface area contributed by atoms with E-state index in [0.717, 1.165) is 12.2 Å². The van der Waals surface area contributed by atoms with Crippen molar-refractivity contribution in [1.29, 1.82) is 0 Å². The van der Waals surface area contributed by atoms with Crippen LogP contribution in [-0.2, 0) is 9.53 Å². The molecule has 0 radical (unpaired) electrons. The molecule has 0 saturated carbocycles. The van der Waals surface area contributed by atoms with Gasteiger partial charge in [-0.2, -0.15) is 11.8 Å². The third-order valence-electron chi connectivity index (χ3n) is 3.20. The second-order valence-corrected chi connectivity index (χ2v) is 5.49. The molecule has 0 spiro atoms. The van der Waals surface area contributed by atoms with Gasteiger partial charge in [0, 0.05) is 19.7 Å². The van der Waals surface area contributed by atoms with Gasteiger partial charge in [0.1, 0.15) is 5.54 Å². The number of nitrogens with zero attached hydrogens (tertiary/aromatic N) is 1. The van der Waals surface area contributed by atoms with Crippen molar-refractivity contribution in [3.05, 3.63) is 0 Å². The van der Waals surface area contributed by atoms with E-state index in [1.54, 1.807) is 16.7 Å². The minimum absolute atomic E-state index is 0.0126. The highest BCUT2D eigenvalue weighted by molar-refractivity contribution is 7.98. The maximum absolute atomic E-state index is 12.2. The number of likely N-dealkylation sites (N-methyl/N-ethyl adjacent to an activating group) is 1. The summed E-state index contributed by atoms with van der Waals surface area (Å²) in [6.07, 6.45) is 3.70. The van der Waals surface area contributed by atoms with Crippen molar-refractivity contribution in [2.45, 2.75) is 31.3 Å². The van der Waals surface area contributed by atoms with Gasteiger partial charge < -0.3 is 15.4 Å². The van der Waals surface area contributed by atoms with Gasteiger partial charge in [-0.05, 0) is 31.8 Å². The molecule has 2 unspecified atom stereocenters. The summed E-state index contributed by atoms with van der Waals surface area (Å²) < 4.78 is 5.22. The molecule has 1 aliphatic rings. The van der Waals surface area contributed by atoms with Gasteiger partial charge in [-0.1, -0.05) is 0 Å². The van der Waals surface area contributed by atoms with Crippen LogP contribution >= 0.6 is 11.8 Å². The average Bonchev–Trinajstić information content (AvgIpc) is 2.72. The predicted octanol–water partition coefficient (Wildman–Crippen LogP) is 0.704. The van der Waals surface area contributed by atoms with E-state index < -0.39 is 5.54 Å². The van der Waals surface area contributed by atoms with Crippen molar-refractivity contribution in [2.24, 2.45) is 5.73 Å². The first-order chi connectivity index (χ1) is 7.51. The fourth-order valence-corrected chi connectivity index (χ4v) is 2.36. The van der Waals surface area contributed by atoms with Crippen LogP contribution < -0.4 is 5.73 Å². The molecule has 94 valence electrons. The molecule has 4 nitrogen and oxygen atoms in total. The van der Waals surface area contributed by atoms with E-state index in [4.69, 9.17) is 10.5 Å². The third kappa shape index (κ3) is 3.12. The molecule has 1 rings (SSSR count). The summed E-state index contributed by atoms with van der Waals surface area (Å²) in [5.74, 6) is 1.07. The van der Waals surface area contributed by atoms with E-state index in [1.165, 1.54) is 0 Å². The van der Waals surface area contributed by atoms with E-state index >= 15 is 0 Å². The van der Waals surface area contributed by atoms with Crippen LogP contribution in [0.4, 0.5) is 0 Å². The number of ether oxygens (including phenoxy) is 1. The van der Waals surface area contributed by atoms with Gasteiger partial charge in [0.25, 0.3) is 0 Å². The predicted molar refractivity (Wildman–Crippen MR) is 67.6 cm³/mol. The maximum Gasteiger partial charge on any atom is 0.245 e. The Bertz CT molecular complexity index is 242. The number of rotatable bonds is 5. The summed E-state index contributed by atoms with van der Waals surface area (Å²) >= 11 is 1.80. The molecule has 0 aromatic carbocycles. The Hall–Kier alpha value is -0.260. The van der Waals surface area contributed by atoms with Gasteiger partial charge in [0.05, 0.1) is 6.61 Å². The zero-order chi connectivity index (χ0) is 12.2. The summed E-state index contributed by atoms with van der Waals surface area (Å²) in [7, 11) is 1.83.